The third kappa shape index (κ3) is 3.80. The number of rotatable bonds is 5. The van der Waals surface area contributed by atoms with Crippen molar-refractivity contribution < 1.29 is 15.0 Å². The first-order valence-electron chi connectivity index (χ1n) is 6.83. The van der Waals surface area contributed by atoms with Crippen LogP contribution < -0.4 is 0 Å². The summed E-state index contributed by atoms with van der Waals surface area (Å²) in [4.78, 5) is 12.3. The van der Waals surface area contributed by atoms with E-state index in [2.05, 4.69) is 0 Å². The van der Waals surface area contributed by atoms with Gasteiger partial charge in [0.05, 0.1) is 11.7 Å². The molecule has 0 aliphatic heterocycles. The Bertz CT molecular complexity index is 632. The van der Waals surface area contributed by atoms with Crippen molar-refractivity contribution in [3.05, 3.63) is 71.8 Å². The minimum Gasteiger partial charge on any atom is -0.507 e. The molecule has 0 fully saturated rings. The number of phenolic OH excluding ortho intramolecular Hbond substituents is 1. The number of hydrogen-bond donors (Lipinski definition) is 2. The average molecular weight is 282 g/mol. The van der Waals surface area contributed by atoms with E-state index in [9.17, 15) is 15.0 Å². The lowest BCUT2D eigenvalue weighted by atomic mass is 9.93. The van der Waals surface area contributed by atoms with Gasteiger partial charge in [-0.3, -0.25) is 4.79 Å². The maximum Gasteiger partial charge on any atom is 0.172 e. The summed E-state index contributed by atoms with van der Waals surface area (Å²) >= 11 is 0. The summed E-state index contributed by atoms with van der Waals surface area (Å²) in [5.74, 6) is -0.967. The van der Waals surface area contributed by atoms with Crippen molar-refractivity contribution in [3.8, 4) is 5.75 Å². The number of benzene rings is 2. The Morgan fingerprint density at radius 2 is 1.67 bits per heavy atom. The second-order valence-corrected chi connectivity index (χ2v) is 4.93. The fraction of sp³-hybridized carbons (Fsp3) is 0.167. The van der Waals surface area contributed by atoms with Crippen molar-refractivity contribution in [1.82, 2.24) is 0 Å². The Kier molecular flexibility index (Phi) is 4.90. The molecule has 0 bridgehead atoms. The van der Waals surface area contributed by atoms with Gasteiger partial charge in [-0.25, -0.2) is 0 Å². The predicted molar refractivity (Wildman–Crippen MR) is 83.1 cm³/mol. The second-order valence-electron chi connectivity index (χ2n) is 4.93. The molecule has 0 unspecified atom stereocenters. The summed E-state index contributed by atoms with van der Waals surface area (Å²) in [5, 5.41) is 19.8. The van der Waals surface area contributed by atoms with Crippen LogP contribution in [0, 0.1) is 5.92 Å². The molecule has 0 heterocycles. The van der Waals surface area contributed by atoms with E-state index in [-0.39, 0.29) is 17.1 Å². The molecule has 0 aliphatic carbocycles. The molecule has 2 aromatic carbocycles. The molecule has 2 N–H and O–H groups in total. The van der Waals surface area contributed by atoms with Crippen LogP contribution in [0.15, 0.2) is 60.7 Å². The molecule has 0 saturated carbocycles. The molecule has 0 amide bonds. The van der Waals surface area contributed by atoms with E-state index in [4.69, 9.17) is 0 Å². The zero-order valence-electron chi connectivity index (χ0n) is 11.8. The SMILES string of the molecule is C[C@@H](C(=O)c1ccccc1O)[C@H](O)/C=C/c1ccccc1. The van der Waals surface area contributed by atoms with Crippen LogP contribution in [0.4, 0.5) is 0 Å². The molecular weight excluding hydrogens is 264 g/mol. The topological polar surface area (TPSA) is 57.5 Å². The number of aromatic hydroxyl groups is 1. The van der Waals surface area contributed by atoms with Crippen LogP contribution in [0.1, 0.15) is 22.8 Å². The quantitative estimate of drug-likeness (QED) is 0.827. The predicted octanol–water partition coefficient (Wildman–Crippen LogP) is 3.29. The number of aliphatic hydroxyl groups is 1. The summed E-state index contributed by atoms with van der Waals surface area (Å²) in [7, 11) is 0. The van der Waals surface area contributed by atoms with Crippen LogP contribution in [-0.4, -0.2) is 22.1 Å². The minimum atomic E-state index is -0.905. The molecular formula is C18H18O3. The van der Waals surface area contributed by atoms with Gasteiger partial charge in [0.1, 0.15) is 5.75 Å². The molecule has 0 aliphatic rings. The molecule has 3 heteroatoms. The molecule has 3 nitrogen and oxygen atoms in total. The van der Waals surface area contributed by atoms with Crippen molar-refractivity contribution in [2.75, 3.05) is 0 Å². The van der Waals surface area contributed by atoms with Crippen molar-refractivity contribution in [1.29, 1.82) is 0 Å². The molecule has 0 spiro atoms. The first kappa shape index (κ1) is 15.0. The summed E-state index contributed by atoms with van der Waals surface area (Å²) in [6.07, 6.45) is 2.47. The summed E-state index contributed by atoms with van der Waals surface area (Å²) in [5.41, 5.74) is 1.19. The zero-order valence-corrected chi connectivity index (χ0v) is 11.8. The zero-order chi connectivity index (χ0) is 15.2. The van der Waals surface area contributed by atoms with Gasteiger partial charge in [-0.15, -0.1) is 0 Å². The summed E-state index contributed by atoms with van der Waals surface area (Å²) < 4.78 is 0. The highest BCUT2D eigenvalue weighted by Gasteiger charge is 2.23. The number of carbonyl (C=O) groups is 1. The lowest BCUT2D eigenvalue weighted by molar-refractivity contribution is 0.0803. The van der Waals surface area contributed by atoms with Crippen molar-refractivity contribution in [2.24, 2.45) is 5.92 Å². The second kappa shape index (κ2) is 6.86. The highest BCUT2D eigenvalue weighted by Crippen LogP contribution is 2.21. The highest BCUT2D eigenvalue weighted by atomic mass is 16.3. The van der Waals surface area contributed by atoms with Crippen LogP contribution in [0.25, 0.3) is 6.08 Å². The van der Waals surface area contributed by atoms with E-state index >= 15 is 0 Å². The first-order valence-corrected chi connectivity index (χ1v) is 6.83. The van der Waals surface area contributed by atoms with Gasteiger partial charge in [-0.1, -0.05) is 61.5 Å². The molecule has 108 valence electrons. The van der Waals surface area contributed by atoms with Gasteiger partial charge in [-0.05, 0) is 17.7 Å². The van der Waals surface area contributed by atoms with Crippen LogP contribution >= 0.6 is 0 Å². The summed E-state index contributed by atoms with van der Waals surface area (Å²) in [6, 6.07) is 15.9. The molecule has 2 atom stereocenters. The lowest BCUT2D eigenvalue weighted by Crippen LogP contribution is -2.24. The highest BCUT2D eigenvalue weighted by molar-refractivity contribution is 6.00. The molecule has 2 aromatic rings. The molecule has 0 aromatic heterocycles. The fourth-order valence-electron chi connectivity index (χ4n) is 2.02. The van der Waals surface area contributed by atoms with E-state index in [1.54, 1.807) is 37.3 Å². The first-order chi connectivity index (χ1) is 10.1. The third-order valence-electron chi connectivity index (χ3n) is 3.38. The minimum absolute atomic E-state index is 0.0615. The van der Waals surface area contributed by atoms with Crippen LogP contribution in [0.2, 0.25) is 0 Å². The number of hydrogen-bond acceptors (Lipinski definition) is 3. The van der Waals surface area contributed by atoms with E-state index in [1.807, 2.05) is 30.3 Å². The number of phenols is 1. The van der Waals surface area contributed by atoms with Gasteiger partial charge in [0.25, 0.3) is 0 Å². The van der Waals surface area contributed by atoms with Crippen LogP contribution in [0.5, 0.6) is 5.75 Å². The van der Waals surface area contributed by atoms with Crippen molar-refractivity contribution >= 4 is 11.9 Å². The van der Waals surface area contributed by atoms with Gasteiger partial charge in [0, 0.05) is 5.92 Å². The number of aliphatic hydroxyl groups excluding tert-OH is 1. The van der Waals surface area contributed by atoms with Gasteiger partial charge in [0.15, 0.2) is 5.78 Å². The molecule has 2 rings (SSSR count). The largest absolute Gasteiger partial charge is 0.507 e. The van der Waals surface area contributed by atoms with Crippen LogP contribution in [0.3, 0.4) is 0 Å². The molecule has 0 radical (unpaired) electrons. The number of ketones is 1. The van der Waals surface area contributed by atoms with Crippen molar-refractivity contribution in [3.63, 3.8) is 0 Å². The maximum absolute atomic E-state index is 12.3. The Labute approximate surface area is 124 Å². The van der Waals surface area contributed by atoms with E-state index in [0.29, 0.717) is 0 Å². The summed E-state index contributed by atoms with van der Waals surface area (Å²) in [6.45, 7) is 1.65. The fourth-order valence-corrected chi connectivity index (χ4v) is 2.02. The standard InChI is InChI=1S/C18H18O3/c1-13(18(21)15-9-5-6-10-17(15)20)16(19)12-11-14-7-3-2-4-8-14/h2-13,16,19-20H,1H3/b12-11+/t13-,16-/m1/s1. The van der Waals surface area contributed by atoms with Gasteiger partial charge >= 0.3 is 0 Å². The maximum atomic E-state index is 12.3. The van der Waals surface area contributed by atoms with Gasteiger partial charge < -0.3 is 10.2 Å². The van der Waals surface area contributed by atoms with E-state index < -0.39 is 12.0 Å². The monoisotopic (exact) mass is 282 g/mol. The Balaban J connectivity index is 2.09. The van der Waals surface area contributed by atoms with Gasteiger partial charge in [-0.2, -0.15) is 0 Å². The van der Waals surface area contributed by atoms with E-state index in [1.165, 1.54) is 6.07 Å². The van der Waals surface area contributed by atoms with Gasteiger partial charge in [0.2, 0.25) is 0 Å². The Morgan fingerprint density at radius 1 is 1.05 bits per heavy atom. The van der Waals surface area contributed by atoms with Crippen molar-refractivity contribution in [2.45, 2.75) is 13.0 Å². The van der Waals surface area contributed by atoms with E-state index in [0.717, 1.165) is 5.56 Å². The average Bonchev–Trinajstić information content (AvgIpc) is 2.52. The molecule has 0 saturated heterocycles. The number of Topliss-reactive ketones (excluding diaryl/α,β-unsaturated/α-hetero) is 1. The Morgan fingerprint density at radius 3 is 2.33 bits per heavy atom. The smallest absolute Gasteiger partial charge is 0.172 e. The molecule has 21 heavy (non-hydrogen) atoms. The number of para-hydroxylation sites is 1. The number of carbonyl (C=O) groups excluding carboxylic acids is 1. The Hall–Kier alpha value is -2.39. The third-order valence-corrected chi connectivity index (χ3v) is 3.38. The lowest BCUT2D eigenvalue weighted by Gasteiger charge is -2.15. The van der Waals surface area contributed by atoms with Crippen LogP contribution in [-0.2, 0) is 0 Å². The normalized spacial score (nSPS) is 14.0.